The van der Waals surface area contributed by atoms with Gasteiger partial charge in [-0.2, -0.15) is 40.2 Å². The van der Waals surface area contributed by atoms with Gasteiger partial charge in [-0.25, -0.2) is 0 Å². The van der Waals surface area contributed by atoms with E-state index in [4.69, 9.17) is 4.79 Å². The second-order valence-electron chi connectivity index (χ2n) is 2.86. The monoisotopic (exact) mass is 439 g/mol. The van der Waals surface area contributed by atoms with Crippen molar-refractivity contribution in [2.75, 3.05) is 0 Å². The Morgan fingerprint density at radius 3 is 2.17 bits per heavy atom. The zero-order valence-electron chi connectivity index (χ0n) is 9.19. The Hall–Kier alpha value is -1.31. The van der Waals surface area contributed by atoms with Crippen LogP contribution in [0.1, 0.15) is 0 Å². The van der Waals surface area contributed by atoms with E-state index < -0.39 is 0 Å². The molecule has 0 fully saturated rings. The minimum atomic E-state index is 0. The van der Waals surface area contributed by atoms with Crippen LogP contribution in [-0.2, 0) is 25.9 Å². The molecule has 3 nitrogen and oxygen atoms in total. The molecule has 0 aliphatic heterocycles. The average Bonchev–Trinajstić information content (AvgIpc) is 2.40. The fourth-order valence-corrected chi connectivity index (χ4v) is 1.05. The van der Waals surface area contributed by atoms with Gasteiger partial charge in [-0.05, 0) is 17.8 Å². The molecule has 0 saturated heterocycles. The molecule has 0 amide bonds. The largest absolute Gasteiger partial charge is 0.525 e. The fourth-order valence-electron chi connectivity index (χ4n) is 1.05. The quantitative estimate of drug-likeness (QED) is 0.393. The summed E-state index contributed by atoms with van der Waals surface area (Å²) in [6, 6.07) is 20.1. The summed E-state index contributed by atoms with van der Waals surface area (Å²) < 4.78 is 0. The van der Waals surface area contributed by atoms with Gasteiger partial charge in [-0.15, -0.1) is 6.07 Å². The number of halogens is 1. The van der Waals surface area contributed by atoms with Crippen molar-refractivity contribution in [2.24, 2.45) is 10.2 Å². The van der Waals surface area contributed by atoms with Gasteiger partial charge in [0.05, 0.1) is 5.69 Å². The van der Waals surface area contributed by atoms with E-state index in [0.29, 0.717) is 0 Å². The Bertz CT molecular complexity index is 421. The summed E-state index contributed by atoms with van der Waals surface area (Å²) in [6.07, 6.45) is 0. The molecule has 0 atom stereocenters. The normalized spacial score (nSPS) is 8.94. The smallest absolute Gasteiger partial charge is 0.0856 e. The third-order valence-corrected chi connectivity index (χ3v) is 1.72. The van der Waals surface area contributed by atoms with Crippen molar-refractivity contribution in [1.29, 1.82) is 0 Å². The van der Waals surface area contributed by atoms with Gasteiger partial charge in [0.15, 0.2) is 0 Å². The molecule has 18 heavy (non-hydrogen) atoms. The van der Waals surface area contributed by atoms with Crippen LogP contribution < -0.4 is 0 Å². The predicted molar refractivity (Wildman–Crippen MR) is 67.4 cm³/mol. The van der Waals surface area contributed by atoms with E-state index in [-0.39, 0.29) is 21.1 Å². The summed E-state index contributed by atoms with van der Waals surface area (Å²) in [4.78, 5) is 8.45. The van der Waals surface area contributed by atoms with Crippen LogP contribution in [0.5, 0.6) is 0 Å². The summed E-state index contributed by atoms with van der Waals surface area (Å²) in [5.41, 5.74) is 1.60. The number of carbonyl (C=O) groups excluding carboxylic acids is 1. The van der Waals surface area contributed by atoms with E-state index in [0.717, 1.165) is 17.1 Å². The number of nitrogens with zero attached hydrogens (tertiary/aromatic N) is 2. The van der Waals surface area contributed by atoms with Gasteiger partial charge in [0.25, 0.3) is 0 Å². The van der Waals surface area contributed by atoms with Crippen LogP contribution >= 0.6 is 11.6 Å². The van der Waals surface area contributed by atoms with E-state index in [9.17, 15) is 0 Å². The van der Waals surface area contributed by atoms with Crippen molar-refractivity contribution in [3.8, 4) is 0 Å². The molecule has 5 heteroatoms. The molecule has 0 aromatic heterocycles. The van der Waals surface area contributed by atoms with Gasteiger partial charge < -0.3 is 16.4 Å². The molecule has 0 unspecified atom stereocenters. The molecular weight excluding hydrogens is 431 g/mol. The first-order chi connectivity index (χ1) is 8.36. The van der Waals surface area contributed by atoms with Crippen molar-refractivity contribution >= 4 is 28.7 Å². The predicted octanol–water partition coefficient (Wildman–Crippen LogP) is 4.19. The Morgan fingerprint density at radius 1 is 1.00 bits per heavy atom. The van der Waals surface area contributed by atoms with Gasteiger partial charge in [0.2, 0.25) is 0 Å². The molecule has 0 aliphatic carbocycles. The van der Waals surface area contributed by atoms with Crippen molar-refractivity contribution in [3.63, 3.8) is 0 Å². The number of azo groups is 1. The van der Waals surface area contributed by atoms with Crippen LogP contribution in [0.2, 0.25) is 0 Å². The third kappa shape index (κ3) is 7.10. The summed E-state index contributed by atoms with van der Waals surface area (Å²) in [6.45, 7) is 0. The summed E-state index contributed by atoms with van der Waals surface area (Å²) in [7, 11) is 0. The summed E-state index contributed by atoms with van der Waals surface area (Å²) >= 11 is 4.19. The zero-order chi connectivity index (χ0) is 12.3. The molecule has 0 spiro atoms. The number of benzene rings is 2. The maximum absolute atomic E-state index is 8.45. The van der Waals surface area contributed by atoms with Crippen LogP contribution in [0.3, 0.4) is 0 Å². The second-order valence-corrected chi connectivity index (χ2v) is 3.01. The van der Waals surface area contributed by atoms with E-state index >= 15 is 0 Å². The molecule has 2 aromatic rings. The van der Waals surface area contributed by atoms with Crippen molar-refractivity contribution in [2.45, 2.75) is 0 Å². The van der Waals surface area contributed by atoms with Crippen LogP contribution in [0.25, 0.3) is 0 Å². The Kier molecular flexibility index (Phi) is 10.0. The summed E-state index contributed by atoms with van der Waals surface area (Å²) in [5, 5.41) is 8.12. The summed E-state index contributed by atoms with van der Waals surface area (Å²) in [5.74, 6) is 0.972. The van der Waals surface area contributed by atoms with Gasteiger partial charge in [-0.1, -0.05) is 18.2 Å². The zero-order valence-corrected chi connectivity index (χ0v) is 12.2. The molecule has 0 heterocycles. The molecule has 0 radical (unpaired) electrons. The Morgan fingerprint density at radius 2 is 1.61 bits per heavy atom. The van der Waals surface area contributed by atoms with Crippen LogP contribution in [0.15, 0.2) is 64.8 Å². The third-order valence-electron chi connectivity index (χ3n) is 1.72. The minimum absolute atomic E-state index is 0. The first kappa shape index (κ1) is 16.7. The van der Waals surface area contributed by atoms with Gasteiger partial charge in [0.1, 0.15) is 0 Å². The van der Waals surface area contributed by atoms with Gasteiger partial charge >= 0.3 is 0 Å². The number of rotatable bonds is 2. The maximum atomic E-state index is 8.45. The topological polar surface area (TPSA) is 41.8 Å². The molecule has 2 aromatic carbocycles. The molecule has 0 N–H and O–H groups in total. The van der Waals surface area contributed by atoms with Crippen molar-refractivity contribution in [1.82, 2.24) is 0 Å². The van der Waals surface area contributed by atoms with Crippen LogP contribution in [-0.4, -0.2) is 5.75 Å². The minimum Gasteiger partial charge on any atom is -0.525 e. The Balaban J connectivity index is 0.000000660. The first-order valence-electron chi connectivity index (χ1n) is 4.78. The average molecular weight is 440 g/mol. The molecule has 0 saturated carbocycles. The van der Waals surface area contributed by atoms with E-state index in [1.165, 1.54) is 0 Å². The van der Waals surface area contributed by atoms with Crippen LogP contribution in [0, 0.1) is 6.07 Å². The van der Waals surface area contributed by atoms with Crippen LogP contribution in [0.4, 0.5) is 11.4 Å². The molecule has 2 rings (SSSR count). The Labute approximate surface area is 125 Å². The fraction of sp³-hybridized carbons (Fsp3) is 0. The van der Waals surface area contributed by atoms with E-state index in [1.54, 1.807) is 0 Å². The van der Waals surface area contributed by atoms with Gasteiger partial charge in [0, 0.05) is 21.1 Å². The molecular formula is C13H9ClN2OPt-2. The maximum Gasteiger partial charge on any atom is 0.0856 e. The molecule has 96 valence electrons. The van der Waals surface area contributed by atoms with E-state index in [2.05, 4.69) is 27.9 Å². The number of hydrogen-bond donors (Lipinski definition) is 0. The SMILES string of the molecule is O=[C-]Cl.[Pt].[c-]1ccccc1N=Nc1ccccc1. The molecule has 0 bridgehead atoms. The van der Waals surface area contributed by atoms with Crippen molar-refractivity contribution < 1.29 is 25.9 Å². The van der Waals surface area contributed by atoms with Gasteiger partial charge in [-0.3, -0.25) is 0 Å². The number of hydrogen-bond acceptors (Lipinski definition) is 3. The van der Waals surface area contributed by atoms with Crippen molar-refractivity contribution in [3.05, 3.63) is 60.7 Å². The first-order valence-corrected chi connectivity index (χ1v) is 5.16. The molecule has 0 aliphatic rings. The van der Waals surface area contributed by atoms with E-state index in [1.807, 2.05) is 54.6 Å². The standard InChI is InChI=1S/C12H9N2.CClO.Pt/c1-3-7-11(8-4-1)13-14-12-9-5-2-6-10-12;2-1-3;/h1-9H;;/q2*-1;. The second kappa shape index (κ2) is 10.8.